The molecule has 0 radical (unpaired) electrons. The van der Waals surface area contributed by atoms with Crippen molar-refractivity contribution in [1.82, 2.24) is 0 Å². The van der Waals surface area contributed by atoms with Crippen LogP contribution >= 0.6 is 12.6 Å². The van der Waals surface area contributed by atoms with Crippen LogP contribution in [0.1, 0.15) is 17.3 Å². The Hall–Kier alpha value is -1.37. The summed E-state index contributed by atoms with van der Waals surface area (Å²) in [5, 5.41) is 0. The predicted octanol–water partition coefficient (Wildman–Crippen LogP) is 3.05. The van der Waals surface area contributed by atoms with E-state index in [2.05, 4.69) is 22.1 Å². The molecule has 0 aromatic heterocycles. The average molecular weight is 266 g/mol. The van der Waals surface area contributed by atoms with E-state index in [0.717, 1.165) is 6.07 Å². The third kappa shape index (κ3) is 4.18. The zero-order valence-corrected chi connectivity index (χ0v) is 9.64. The van der Waals surface area contributed by atoms with Gasteiger partial charge in [-0.05, 0) is 25.1 Å². The topological polar surface area (TPSA) is 35.5 Å². The number of carbonyl (C=O) groups excluding carboxylic acids is 1. The maximum absolute atomic E-state index is 12.0. The number of rotatable bonds is 3. The van der Waals surface area contributed by atoms with Gasteiger partial charge in [-0.2, -0.15) is 0 Å². The van der Waals surface area contributed by atoms with Gasteiger partial charge in [-0.1, -0.05) is 0 Å². The number of benzene rings is 1. The Kier molecular flexibility index (Phi) is 4.28. The van der Waals surface area contributed by atoms with Crippen molar-refractivity contribution in [3.05, 3.63) is 23.8 Å². The highest BCUT2D eigenvalue weighted by Crippen LogP contribution is 2.29. The monoisotopic (exact) mass is 266 g/mol. The van der Waals surface area contributed by atoms with E-state index in [1.807, 2.05) is 0 Å². The molecule has 0 aliphatic rings. The Balaban J connectivity index is 2.98. The van der Waals surface area contributed by atoms with Crippen molar-refractivity contribution in [1.29, 1.82) is 0 Å². The van der Waals surface area contributed by atoms with Gasteiger partial charge >= 0.3 is 12.3 Å². The van der Waals surface area contributed by atoms with Crippen LogP contribution in [0.25, 0.3) is 0 Å². The van der Waals surface area contributed by atoms with Crippen LogP contribution in [0.4, 0.5) is 13.2 Å². The smallest absolute Gasteiger partial charge is 0.462 e. The number of esters is 1. The lowest BCUT2D eigenvalue weighted by molar-refractivity contribution is -0.275. The lowest BCUT2D eigenvalue weighted by Crippen LogP contribution is -2.18. The molecule has 0 unspecified atom stereocenters. The number of halogens is 3. The number of ether oxygens (including phenoxy) is 2. The lowest BCUT2D eigenvalue weighted by Gasteiger charge is -2.11. The fourth-order valence-electron chi connectivity index (χ4n) is 1.06. The summed E-state index contributed by atoms with van der Waals surface area (Å²) >= 11 is 3.80. The van der Waals surface area contributed by atoms with E-state index in [4.69, 9.17) is 0 Å². The predicted molar refractivity (Wildman–Crippen MR) is 56.3 cm³/mol. The van der Waals surface area contributed by atoms with Gasteiger partial charge in [0.25, 0.3) is 0 Å². The van der Waals surface area contributed by atoms with Crippen LogP contribution in [0.15, 0.2) is 23.1 Å². The maximum atomic E-state index is 12.0. The lowest BCUT2D eigenvalue weighted by atomic mass is 10.2. The van der Waals surface area contributed by atoms with Gasteiger partial charge in [0, 0.05) is 4.90 Å². The third-order valence-electron chi connectivity index (χ3n) is 1.70. The molecule has 0 saturated heterocycles. The van der Waals surface area contributed by atoms with Crippen LogP contribution in [0, 0.1) is 0 Å². The van der Waals surface area contributed by atoms with Crippen molar-refractivity contribution < 1.29 is 27.4 Å². The number of hydrogen-bond acceptors (Lipinski definition) is 4. The van der Waals surface area contributed by atoms with Gasteiger partial charge in [0.15, 0.2) is 0 Å². The highest BCUT2D eigenvalue weighted by atomic mass is 32.1. The van der Waals surface area contributed by atoms with E-state index in [0.29, 0.717) is 0 Å². The molecule has 0 saturated carbocycles. The van der Waals surface area contributed by atoms with Crippen molar-refractivity contribution in [2.75, 3.05) is 6.61 Å². The normalized spacial score (nSPS) is 11.1. The molecule has 94 valence electrons. The van der Waals surface area contributed by atoms with Gasteiger partial charge in [0.1, 0.15) is 5.75 Å². The van der Waals surface area contributed by atoms with E-state index >= 15 is 0 Å². The molecule has 1 rings (SSSR count). The first-order chi connectivity index (χ1) is 7.83. The van der Waals surface area contributed by atoms with Crippen LogP contribution in [0.2, 0.25) is 0 Å². The van der Waals surface area contributed by atoms with E-state index < -0.39 is 18.1 Å². The molecule has 17 heavy (non-hydrogen) atoms. The van der Waals surface area contributed by atoms with Crippen molar-refractivity contribution in [3.8, 4) is 5.75 Å². The second-order valence-electron chi connectivity index (χ2n) is 2.95. The Morgan fingerprint density at radius 2 is 2.06 bits per heavy atom. The quantitative estimate of drug-likeness (QED) is 0.674. The Labute approximate surface area is 101 Å². The number of thiol groups is 1. The van der Waals surface area contributed by atoms with Crippen molar-refractivity contribution in [3.63, 3.8) is 0 Å². The minimum Gasteiger partial charge on any atom is -0.462 e. The summed E-state index contributed by atoms with van der Waals surface area (Å²) in [6.07, 6.45) is -4.83. The van der Waals surface area contributed by atoms with Gasteiger partial charge in [0.05, 0.1) is 12.2 Å². The highest BCUT2D eigenvalue weighted by molar-refractivity contribution is 7.80. The Morgan fingerprint density at radius 1 is 1.41 bits per heavy atom. The largest absolute Gasteiger partial charge is 0.573 e. The SMILES string of the molecule is CCOC(=O)c1ccc(S)c(OC(F)(F)F)c1. The van der Waals surface area contributed by atoms with Crippen molar-refractivity contribution in [2.45, 2.75) is 18.2 Å². The summed E-state index contributed by atoms with van der Waals surface area (Å²) in [7, 11) is 0. The van der Waals surface area contributed by atoms with Crippen LogP contribution < -0.4 is 4.74 Å². The summed E-state index contributed by atoms with van der Waals surface area (Å²) in [5.41, 5.74) is -0.0242. The van der Waals surface area contributed by atoms with E-state index in [1.165, 1.54) is 12.1 Å². The first-order valence-corrected chi connectivity index (χ1v) is 5.04. The molecule has 0 atom stereocenters. The molecule has 0 amide bonds. The Morgan fingerprint density at radius 3 is 2.59 bits per heavy atom. The van der Waals surface area contributed by atoms with E-state index in [9.17, 15) is 18.0 Å². The Bertz CT molecular complexity index is 418. The van der Waals surface area contributed by atoms with Crippen LogP contribution in [-0.2, 0) is 4.74 Å². The van der Waals surface area contributed by atoms with Crippen LogP contribution in [-0.4, -0.2) is 18.9 Å². The summed E-state index contributed by atoms with van der Waals surface area (Å²) in [5.74, 6) is -1.25. The fraction of sp³-hybridized carbons (Fsp3) is 0.300. The standard InChI is InChI=1S/C10H9F3O3S/c1-2-15-9(14)6-3-4-8(17)7(5-6)16-10(11,12)13/h3-5,17H,2H2,1H3. The third-order valence-corrected chi connectivity index (χ3v) is 2.07. The fourth-order valence-corrected chi connectivity index (χ4v) is 1.25. The van der Waals surface area contributed by atoms with Crippen molar-refractivity contribution in [2.24, 2.45) is 0 Å². The highest BCUT2D eigenvalue weighted by Gasteiger charge is 2.32. The van der Waals surface area contributed by atoms with Gasteiger partial charge in [-0.3, -0.25) is 0 Å². The van der Waals surface area contributed by atoms with Gasteiger partial charge in [0.2, 0.25) is 0 Å². The van der Waals surface area contributed by atoms with Crippen LogP contribution in [0.5, 0.6) is 5.75 Å². The number of hydrogen-bond donors (Lipinski definition) is 1. The molecule has 0 fully saturated rings. The summed E-state index contributed by atoms with van der Waals surface area (Å²) in [4.78, 5) is 11.3. The summed E-state index contributed by atoms with van der Waals surface area (Å²) in [6.45, 7) is 1.73. The molecule has 0 bridgehead atoms. The molecule has 0 heterocycles. The molecule has 0 aliphatic heterocycles. The first kappa shape index (κ1) is 13.7. The van der Waals surface area contributed by atoms with E-state index in [1.54, 1.807) is 6.92 Å². The molecule has 7 heteroatoms. The van der Waals surface area contributed by atoms with E-state index in [-0.39, 0.29) is 17.1 Å². The minimum atomic E-state index is -4.83. The van der Waals surface area contributed by atoms with Gasteiger partial charge in [-0.25, -0.2) is 4.79 Å². The second kappa shape index (κ2) is 5.31. The maximum Gasteiger partial charge on any atom is 0.573 e. The molecule has 0 N–H and O–H groups in total. The zero-order valence-electron chi connectivity index (χ0n) is 8.75. The number of carbonyl (C=O) groups is 1. The summed E-state index contributed by atoms with van der Waals surface area (Å²) < 4.78 is 44.5. The molecule has 3 nitrogen and oxygen atoms in total. The van der Waals surface area contributed by atoms with Gasteiger partial charge < -0.3 is 9.47 Å². The second-order valence-corrected chi connectivity index (χ2v) is 3.43. The molecule has 1 aromatic rings. The molecule has 0 spiro atoms. The molecular weight excluding hydrogens is 257 g/mol. The molecule has 0 aliphatic carbocycles. The average Bonchev–Trinajstić information content (AvgIpc) is 2.19. The summed E-state index contributed by atoms with van der Waals surface area (Å²) in [6, 6.07) is 3.48. The molecule has 1 aromatic carbocycles. The van der Waals surface area contributed by atoms with Crippen molar-refractivity contribution >= 4 is 18.6 Å². The minimum absolute atomic E-state index is 0.0182. The number of alkyl halides is 3. The van der Waals surface area contributed by atoms with Gasteiger partial charge in [-0.15, -0.1) is 25.8 Å². The zero-order chi connectivity index (χ0) is 13.1. The molecular formula is C10H9F3O3S. The first-order valence-electron chi connectivity index (χ1n) is 4.59. The van der Waals surface area contributed by atoms with Crippen LogP contribution in [0.3, 0.4) is 0 Å².